The molecule has 0 N–H and O–H groups in total. The van der Waals surface area contributed by atoms with Crippen molar-refractivity contribution in [3.05, 3.63) is 0 Å². The molecule has 12 heavy (non-hydrogen) atoms. The second kappa shape index (κ2) is 2.73. The molecular formula is C9H15NO2. The maximum absolute atomic E-state index is 10.7. The summed E-state index contributed by atoms with van der Waals surface area (Å²) in [5.74, 6) is 0.630. The van der Waals surface area contributed by atoms with E-state index >= 15 is 0 Å². The van der Waals surface area contributed by atoms with Crippen LogP contribution in [0.1, 0.15) is 19.8 Å². The molecule has 68 valence electrons. The Morgan fingerprint density at radius 1 is 1.50 bits per heavy atom. The minimum absolute atomic E-state index is 0.138. The Bertz CT molecular complexity index is 205. The Kier molecular flexibility index (Phi) is 1.83. The highest BCUT2D eigenvalue weighted by Gasteiger charge is 2.44. The third-order valence-electron chi connectivity index (χ3n) is 3.00. The largest absolute Gasteiger partial charge is 0.461 e. The zero-order chi connectivity index (χ0) is 8.72. The Balaban J connectivity index is 1.98. The predicted octanol–water partition coefficient (Wildman–Crippen LogP) is 0.642. The van der Waals surface area contributed by atoms with Crippen molar-refractivity contribution in [2.75, 3.05) is 13.6 Å². The topological polar surface area (TPSA) is 29.5 Å². The Hall–Kier alpha value is -0.570. The summed E-state index contributed by atoms with van der Waals surface area (Å²) in [4.78, 5) is 13.0. The van der Waals surface area contributed by atoms with Crippen molar-refractivity contribution in [1.82, 2.24) is 4.90 Å². The van der Waals surface area contributed by atoms with Gasteiger partial charge >= 0.3 is 5.97 Å². The lowest BCUT2D eigenvalue weighted by Gasteiger charge is -2.29. The third-order valence-corrected chi connectivity index (χ3v) is 3.00. The molecule has 0 amide bonds. The van der Waals surface area contributed by atoms with Crippen molar-refractivity contribution in [3.8, 4) is 0 Å². The molecule has 0 aromatic carbocycles. The van der Waals surface area contributed by atoms with Gasteiger partial charge in [0.25, 0.3) is 0 Å². The number of esters is 1. The van der Waals surface area contributed by atoms with Crippen LogP contribution in [0.2, 0.25) is 0 Å². The van der Waals surface area contributed by atoms with Crippen LogP contribution in [0.25, 0.3) is 0 Å². The summed E-state index contributed by atoms with van der Waals surface area (Å²) in [7, 11) is 2.11. The second-order valence-electron chi connectivity index (χ2n) is 3.99. The highest BCUT2D eigenvalue weighted by Crippen LogP contribution is 2.38. The van der Waals surface area contributed by atoms with Crippen molar-refractivity contribution in [3.63, 3.8) is 0 Å². The predicted molar refractivity (Wildman–Crippen MR) is 44.7 cm³/mol. The van der Waals surface area contributed by atoms with Gasteiger partial charge in [-0.3, -0.25) is 9.69 Å². The van der Waals surface area contributed by atoms with E-state index in [1.807, 2.05) is 0 Å². The summed E-state index contributed by atoms with van der Waals surface area (Å²) >= 11 is 0. The maximum atomic E-state index is 10.7. The first kappa shape index (κ1) is 8.05. The van der Waals surface area contributed by atoms with Crippen LogP contribution in [-0.4, -0.2) is 36.6 Å². The van der Waals surface area contributed by atoms with Gasteiger partial charge in [-0.1, -0.05) is 0 Å². The van der Waals surface area contributed by atoms with E-state index in [9.17, 15) is 4.79 Å². The van der Waals surface area contributed by atoms with E-state index < -0.39 is 0 Å². The van der Waals surface area contributed by atoms with Gasteiger partial charge in [-0.15, -0.1) is 0 Å². The lowest BCUT2D eigenvalue weighted by atomic mass is 10.1. The van der Waals surface area contributed by atoms with Gasteiger partial charge in [0.15, 0.2) is 0 Å². The average Bonchev–Trinajstić information content (AvgIpc) is 2.43. The molecule has 2 aliphatic rings. The van der Waals surface area contributed by atoms with Gasteiger partial charge in [0.05, 0.1) is 0 Å². The number of carbonyl (C=O) groups excluding carboxylic acids is 1. The zero-order valence-electron chi connectivity index (χ0n) is 7.62. The first-order valence-corrected chi connectivity index (χ1v) is 4.54. The van der Waals surface area contributed by atoms with Gasteiger partial charge in [0.2, 0.25) is 0 Å². The SMILES string of the molecule is CC(=O)OC1CC2CC1N(C)C2. The van der Waals surface area contributed by atoms with E-state index in [0.717, 1.165) is 12.3 Å². The molecule has 3 unspecified atom stereocenters. The summed E-state index contributed by atoms with van der Waals surface area (Å²) in [6, 6.07) is 0.499. The van der Waals surface area contributed by atoms with Crippen molar-refractivity contribution in [2.24, 2.45) is 5.92 Å². The lowest BCUT2D eigenvalue weighted by molar-refractivity contribution is -0.149. The lowest BCUT2D eigenvalue weighted by Crippen LogP contribution is -2.40. The summed E-state index contributed by atoms with van der Waals surface area (Å²) in [5.41, 5.74) is 0. The van der Waals surface area contributed by atoms with Crippen molar-refractivity contribution in [2.45, 2.75) is 31.9 Å². The van der Waals surface area contributed by atoms with Crippen LogP contribution in [0.4, 0.5) is 0 Å². The summed E-state index contributed by atoms with van der Waals surface area (Å²) in [6.45, 7) is 2.68. The van der Waals surface area contributed by atoms with E-state index in [-0.39, 0.29) is 12.1 Å². The molecule has 0 spiro atoms. The normalized spacial score (nSPS) is 40.3. The van der Waals surface area contributed by atoms with Gasteiger partial charge in [-0.25, -0.2) is 0 Å². The monoisotopic (exact) mass is 169 g/mol. The van der Waals surface area contributed by atoms with Crippen LogP contribution >= 0.6 is 0 Å². The molecule has 1 aliphatic carbocycles. The van der Waals surface area contributed by atoms with Gasteiger partial charge in [-0.2, -0.15) is 0 Å². The number of hydrogen-bond acceptors (Lipinski definition) is 3. The Labute approximate surface area is 72.7 Å². The van der Waals surface area contributed by atoms with E-state index in [2.05, 4.69) is 11.9 Å². The van der Waals surface area contributed by atoms with Crippen molar-refractivity contribution < 1.29 is 9.53 Å². The molecule has 3 heteroatoms. The molecule has 2 rings (SSSR count). The highest BCUT2D eigenvalue weighted by molar-refractivity contribution is 5.66. The van der Waals surface area contributed by atoms with Gasteiger partial charge in [0.1, 0.15) is 6.10 Å². The van der Waals surface area contributed by atoms with Crippen LogP contribution in [0.3, 0.4) is 0 Å². The number of hydrogen-bond donors (Lipinski definition) is 0. The van der Waals surface area contributed by atoms with Crippen molar-refractivity contribution >= 4 is 5.97 Å². The van der Waals surface area contributed by atoms with Gasteiger partial charge < -0.3 is 4.74 Å². The van der Waals surface area contributed by atoms with Gasteiger partial charge in [-0.05, 0) is 25.8 Å². The first-order valence-electron chi connectivity index (χ1n) is 4.54. The molecule has 1 heterocycles. The molecule has 1 saturated heterocycles. The summed E-state index contributed by atoms with van der Waals surface area (Å²) in [6.07, 6.45) is 2.47. The average molecular weight is 169 g/mol. The molecule has 0 aromatic rings. The number of piperidine rings is 1. The zero-order valence-corrected chi connectivity index (χ0v) is 7.62. The number of fused-ring (bicyclic) bond motifs is 2. The Morgan fingerprint density at radius 2 is 2.25 bits per heavy atom. The van der Waals surface area contributed by atoms with Crippen LogP contribution in [-0.2, 0) is 9.53 Å². The van der Waals surface area contributed by atoms with Crippen LogP contribution < -0.4 is 0 Å². The van der Waals surface area contributed by atoms with Gasteiger partial charge in [0, 0.05) is 19.5 Å². The Morgan fingerprint density at radius 3 is 2.75 bits per heavy atom. The quantitative estimate of drug-likeness (QED) is 0.539. The number of rotatable bonds is 1. The third kappa shape index (κ3) is 1.22. The number of nitrogens with zero attached hydrogens (tertiary/aromatic N) is 1. The molecule has 1 saturated carbocycles. The fraction of sp³-hybridized carbons (Fsp3) is 0.889. The molecule has 1 aliphatic heterocycles. The number of carbonyl (C=O) groups is 1. The summed E-state index contributed by atoms with van der Waals surface area (Å²) in [5, 5.41) is 0. The van der Waals surface area contributed by atoms with Crippen LogP contribution in [0.5, 0.6) is 0 Å². The highest BCUT2D eigenvalue weighted by atomic mass is 16.5. The standard InChI is InChI=1S/C9H15NO2/c1-6(11)12-9-4-7-3-8(9)10(2)5-7/h7-9H,3-5H2,1-2H3. The molecule has 0 radical (unpaired) electrons. The molecule has 2 bridgehead atoms. The molecular weight excluding hydrogens is 154 g/mol. The minimum atomic E-state index is -0.138. The number of likely N-dealkylation sites (tertiary alicyclic amines) is 1. The minimum Gasteiger partial charge on any atom is -0.461 e. The smallest absolute Gasteiger partial charge is 0.302 e. The van der Waals surface area contributed by atoms with Crippen LogP contribution in [0.15, 0.2) is 0 Å². The molecule has 2 fully saturated rings. The van der Waals surface area contributed by atoms with E-state index in [4.69, 9.17) is 4.74 Å². The molecule has 3 atom stereocenters. The first-order chi connectivity index (χ1) is 5.66. The van der Waals surface area contributed by atoms with E-state index in [1.165, 1.54) is 19.9 Å². The number of likely N-dealkylation sites (N-methyl/N-ethyl adjacent to an activating group) is 1. The second-order valence-corrected chi connectivity index (χ2v) is 3.99. The maximum Gasteiger partial charge on any atom is 0.302 e. The van der Waals surface area contributed by atoms with Crippen LogP contribution in [0, 0.1) is 5.92 Å². The molecule has 0 aromatic heterocycles. The van der Waals surface area contributed by atoms with Crippen molar-refractivity contribution in [1.29, 1.82) is 0 Å². The number of ether oxygens (including phenoxy) is 1. The van der Waals surface area contributed by atoms with E-state index in [1.54, 1.807) is 0 Å². The fourth-order valence-electron chi connectivity index (χ4n) is 2.57. The fourth-order valence-corrected chi connectivity index (χ4v) is 2.57. The summed E-state index contributed by atoms with van der Waals surface area (Å²) < 4.78 is 5.23. The molecule has 3 nitrogen and oxygen atoms in total. The van der Waals surface area contributed by atoms with E-state index in [0.29, 0.717) is 6.04 Å².